The molecule has 174 valence electrons. The van der Waals surface area contributed by atoms with Crippen LogP contribution in [0.1, 0.15) is 98.8 Å². The van der Waals surface area contributed by atoms with Gasteiger partial charge in [-0.2, -0.15) is 0 Å². The lowest BCUT2D eigenvalue weighted by Crippen LogP contribution is -2.58. The molecule has 0 aliphatic heterocycles. The Balaban J connectivity index is 1.41. The van der Waals surface area contributed by atoms with Crippen molar-refractivity contribution in [3.63, 3.8) is 0 Å². The Morgan fingerprint density at radius 1 is 1.13 bits per heavy atom. The molecule has 0 radical (unpaired) electrons. The van der Waals surface area contributed by atoms with E-state index >= 15 is 0 Å². The molecule has 1 spiro atoms. The zero-order chi connectivity index (χ0) is 22.2. The van der Waals surface area contributed by atoms with E-state index in [9.17, 15) is 10.2 Å². The zero-order valence-electron chi connectivity index (χ0n) is 20.7. The molecule has 5 aliphatic rings. The summed E-state index contributed by atoms with van der Waals surface area (Å²) in [5.74, 6) is 3.27. The van der Waals surface area contributed by atoms with Crippen LogP contribution in [0.4, 0.5) is 0 Å². The maximum atomic E-state index is 11.7. The molecule has 4 fully saturated rings. The number of rotatable bonds is 4. The van der Waals surface area contributed by atoms with E-state index in [1.54, 1.807) is 5.57 Å². The molecular formula is C29H46O2. The Hall–Kier alpha value is -0.600. The summed E-state index contributed by atoms with van der Waals surface area (Å²) in [6.07, 6.45) is 16.3. The van der Waals surface area contributed by atoms with E-state index in [1.165, 1.54) is 31.3 Å². The molecule has 0 saturated heterocycles. The lowest BCUT2D eigenvalue weighted by molar-refractivity contribution is -0.135. The fourth-order valence-electron chi connectivity index (χ4n) is 9.76. The monoisotopic (exact) mass is 426 g/mol. The normalized spacial score (nSPS) is 48.3. The van der Waals surface area contributed by atoms with Crippen LogP contribution in [0.25, 0.3) is 0 Å². The van der Waals surface area contributed by atoms with Crippen molar-refractivity contribution >= 4 is 0 Å². The molecule has 2 heteroatoms. The first-order valence-electron chi connectivity index (χ1n) is 13.3. The van der Waals surface area contributed by atoms with Crippen molar-refractivity contribution in [2.45, 2.75) is 111 Å². The van der Waals surface area contributed by atoms with Crippen LogP contribution in [0.3, 0.4) is 0 Å². The Labute approximate surface area is 190 Å². The molecule has 0 amide bonds. The third-order valence-corrected chi connectivity index (χ3v) is 11.2. The van der Waals surface area contributed by atoms with Crippen LogP contribution in [0.15, 0.2) is 23.3 Å². The van der Waals surface area contributed by atoms with Crippen molar-refractivity contribution < 1.29 is 10.2 Å². The Morgan fingerprint density at radius 3 is 2.55 bits per heavy atom. The molecule has 0 aromatic carbocycles. The minimum Gasteiger partial charge on any atom is -0.393 e. The SMILES string of the molecule is CC(C)=CCC[C@@H](C)[C@H]1CC[C@H]2[C@@H]3CC=C4C5(CC5)[C@@H](O)CC[C@]4(C)[C@H]3[C@H](O)C[C@]12C. The van der Waals surface area contributed by atoms with Gasteiger partial charge in [0, 0.05) is 5.41 Å². The summed E-state index contributed by atoms with van der Waals surface area (Å²) in [5.41, 5.74) is 3.45. The Morgan fingerprint density at radius 2 is 1.87 bits per heavy atom. The van der Waals surface area contributed by atoms with Crippen LogP contribution in [0, 0.1) is 45.8 Å². The van der Waals surface area contributed by atoms with Gasteiger partial charge in [-0.3, -0.25) is 0 Å². The van der Waals surface area contributed by atoms with E-state index < -0.39 is 0 Å². The van der Waals surface area contributed by atoms with Gasteiger partial charge in [0.15, 0.2) is 0 Å². The van der Waals surface area contributed by atoms with E-state index in [1.807, 2.05) is 0 Å². The molecule has 0 bridgehead atoms. The molecule has 0 heterocycles. The third kappa shape index (κ3) is 3.17. The van der Waals surface area contributed by atoms with Crippen LogP contribution in [0.2, 0.25) is 0 Å². The predicted molar refractivity (Wildman–Crippen MR) is 127 cm³/mol. The largest absolute Gasteiger partial charge is 0.393 e. The van der Waals surface area contributed by atoms with Crippen molar-refractivity contribution in [3.8, 4) is 0 Å². The number of allylic oxidation sites excluding steroid dienone is 3. The van der Waals surface area contributed by atoms with Crippen LogP contribution >= 0.6 is 0 Å². The number of hydrogen-bond donors (Lipinski definition) is 2. The molecular weight excluding hydrogens is 380 g/mol. The summed E-state index contributed by atoms with van der Waals surface area (Å²) < 4.78 is 0. The minimum atomic E-state index is -0.184. The van der Waals surface area contributed by atoms with Gasteiger partial charge in [0.05, 0.1) is 12.2 Å². The Kier molecular flexibility index (Phi) is 5.34. The molecule has 0 aromatic heterocycles. The van der Waals surface area contributed by atoms with Gasteiger partial charge in [0.1, 0.15) is 0 Å². The van der Waals surface area contributed by atoms with E-state index in [0.29, 0.717) is 11.8 Å². The fourth-order valence-corrected chi connectivity index (χ4v) is 9.76. The molecule has 5 aliphatic carbocycles. The number of hydrogen-bond acceptors (Lipinski definition) is 2. The van der Waals surface area contributed by atoms with Crippen molar-refractivity contribution in [2.24, 2.45) is 45.8 Å². The van der Waals surface area contributed by atoms with E-state index in [0.717, 1.165) is 56.3 Å². The quantitative estimate of drug-likeness (QED) is 0.493. The number of fused-ring (bicyclic) bond motifs is 6. The molecule has 5 rings (SSSR count). The maximum absolute atomic E-state index is 11.7. The predicted octanol–water partition coefficient (Wildman–Crippen LogP) is 6.67. The van der Waals surface area contributed by atoms with Crippen LogP contribution in [-0.2, 0) is 0 Å². The van der Waals surface area contributed by atoms with Gasteiger partial charge in [0.25, 0.3) is 0 Å². The summed E-state index contributed by atoms with van der Waals surface area (Å²) in [5, 5.41) is 22.5. The van der Waals surface area contributed by atoms with Crippen LogP contribution < -0.4 is 0 Å². The summed E-state index contributed by atoms with van der Waals surface area (Å²) in [6.45, 7) is 11.9. The zero-order valence-corrected chi connectivity index (χ0v) is 20.7. The summed E-state index contributed by atoms with van der Waals surface area (Å²) in [6, 6.07) is 0. The van der Waals surface area contributed by atoms with Gasteiger partial charge in [-0.05, 0) is 118 Å². The first-order valence-corrected chi connectivity index (χ1v) is 13.3. The van der Waals surface area contributed by atoms with Gasteiger partial charge in [-0.1, -0.05) is 44.1 Å². The molecule has 2 nitrogen and oxygen atoms in total. The molecule has 0 aromatic rings. The lowest BCUT2D eigenvalue weighted by atomic mass is 9.44. The van der Waals surface area contributed by atoms with Crippen LogP contribution in [-0.4, -0.2) is 22.4 Å². The third-order valence-electron chi connectivity index (χ3n) is 11.2. The van der Waals surface area contributed by atoms with Crippen molar-refractivity contribution in [1.29, 1.82) is 0 Å². The van der Waals surface area contributed by atoms with Gasteiger partial charge in [-0.15, -0.1) is 0 Å². The van der Waals surface area contributed by atoms with Crippen LogP contribution in [0.5, 0.6) is 0 Å². The fraction of sp³-hybridized carbons (Fsp3) is 0.862. The first kappa shape index (κ1) is 22.2. The smallest absolute Gasteiger partial charge is 0.0634 e. The molecule has 2 N–H and O–H groups in total. The van der Waals surface area contributed by atoms with Gasteiger partial charge in [-0.25, -0.2) is 0 Å². The molecule has 4 saturated carbocycles. The Bertz CT molecular complexity index is 772. The molecule has 9 atom stereocenters. The topological polar surface area (TPSA) is 40.5 Å². The van der Waals surface area contributed by atoms with E-state index in [-0.39, 0.29) is 28.5 Å². The standard InChI is InChI=1S/C29H46O2/c1-18(2)7-6-8-19(3)21-10-11-22-20-9-12-24-27(4,14-13-25(31)29(24)15-16-29)26(20)23(30)17-28(21,22)5/h7,12,19-23,25-26,30-31H,6,8-11,13-17H2,1-5H3/t19-,20+,21-,22+,23-,25+,26-,27+,28-/m1/s1. The second-order valence-electron chi connectivity index (χ2n) is 13.1. The number of aliphatic hydroxyl groups excluding tert-OH is 2. The summed E-state index contributed by atoms with van der Waals surface area (Å²) >= 11 is 0. The number of aliphatic hydroxyl groups is 2. The average Bonchev–Trinajstić information content (AvgIpc) is 3.40. The summed E-state index contributed by atoms with van der Waals surface area (Å²) in [7, 11) is 0. The maximum Gasteiger partial charge on any atom is 0.0634 e. The second-order valence-corrected chi connectivity index (χ2v) is 13.1. The van der Waals surface area contributed by atoms with Crippen molar-refractivity contribution in [2.75, 3.05) is 0 Å². The summed E-state index contributed by atoms with van der Waals surface area (Å²) in [4.78, 5) is 0. The average molecular weight is 427 g/mol. The van der Waals surface area contributed by atoms with Gasteiger partial charge < -0.3 is 10.2 Å². The first-order chi connectivity index (χ1) is 14.6. The van der Waals surface area contributed by atoms with Crippen molar-refractivity contribution in [1.82, 2.24) is 0 Å². The van der Waals surface area contributed by atoms with Crippen molar-refractivity contribution in [3.05, 3.63) is 23.3 Å². The highest BCUT2D eigenvalue weighted by molar-refractivity contribution is 5.37. The van der Waals surface area contributed by atoms with E-state index in [4.69, 9.17) is 0 Å². The highest BCUT2D eigenvalue weighted by Gasteiger charge is 2.67. The lowest BCUT2D eigenvalue weighted by Gasteiger charge is -2.61. The highest BCUT2D eigenvalue weighted by atomic mass is 16.3. The van der Waals surface area contributed by atoms with Gasteiger partial charge >= 0.3 is 0 Å². The molecule has 31 heavy (non-hydrogen) atoms. The highest BCUT2D eigenvalue weighted by Crippen LogP contribution is 2.72. The second kappa shape index (κ2) is 7.45. The van der Waals surface area contributed by atoms with Gasteiger partial charge in [0.2, 0.25) is 0 Å². The molecule has 0 unspecified atom stereocenters. The van der Waals surface area contributed by atoms with E-state index in [2.05, 4.69) is 46.8 Å². The minimum absolute atomic E-state index is 0.0795.